The van der Waals surface area contributed by atoms with Crippen LogP contribution in [0.2, 0.25) is 0 Å². The lowest BCUT2D eigenvalue weighted by Crippen LogP contribution is -2.44. The molecule has 5 heteroatoms. The zero-order chi connectivity index (χ0) is 12.3. The summed E-state index contributed by atoms with van der Waals surface area (Å²) in [6.07, 6.45) is 0.427. The van der Waals surface area contributed by atoms with Gasteiger partial charge in [0.05, 0.1) is 5.92 Å². The maximum Gasteiger partial charge on any atom is 0.391 e. The summed E-state index contributed by atoms with van der Waals surface area (Å²) in [4.78, 5) is 0. The quantitative estimate of drug-likeness (QED) is 0.820. The Hall–Kier alpha value is 0.100. The Labute approximate surface area is 105 Å². The first kappa shape index (κ1) is 13.5. The van der Waals surface area contributed by atoms with E-state index >= 15 is 0 Å². The summed E-state index contributed by atoms with van der Waals surface area (Å²) in [7, 11) is 0. The molecule has 1 N–H and O–H groups in total. The first-order valence-corrected chi connectivity index (χ1v) is 7.61. The van der Waals surface area contributed by atoms with E-state index in [1.165, 1.54) is 18.6 Å². The van der Waals surface area contributed by atoms with Crippen molar-refractivity contribution in [3.05, 3.63) is 0 Å². The number of rotatable bonds is 2. The molecule has 2 fully saturated rings. The number of halogens is 3. The maximum atomic E-state index is 12.5. The summed E-state index contributed by atoms with van der Waals surface area (Å²) >= 11 is 1.95. The lowest BCUT2D eigenvalue weighted by Gasteiger charge is -2.34. The van der Waals surface area contributed by atoms with Crippen LogP contribution in [-0.2, 0) is 0 Å². The van der Waals surface area contributed by atoms with E-state index in [0.717, 1.165) is 5.75 Å². The van der Waals surface area contributed by atoms with Crippen molar-refractivity contribution >= 4 is 11.8 Å². The van der Waals surface area contributed by atoms with E-state index in [2.05, 4.69) is 5.32 Å². The van der Waals surface area contributed by atoms with Crippen LogP contribution >= 0.6 is 11.8 Å². The van der Waals surface area contributed by atoms with Gasteiger partial charge in [0.1, 0.15) is 0 Å². The summed E-state index contributed by atoms with van der Waals surface area (Å²) < 4.78 is 37.5. The molecule has 0 radical (unpaired) electrons. The fraction of sp³-hybridized carbons (Fsp3) is 1.00. The van der Waals surface area contributed by atoms with Gasteiger partial charge in [-0.15, -0.1) is 0 Å². The van der Waals surface area contributed by atoms with Crippen molar-refractivity contribution in [3.8, 4) is 0 Å². The van der Waals surface area contributed by atoms with Gasteiger partial charge in [-0.2, -0.15) is 24.9 Å². The third-order valence-electron chi connectivity index (χ3n) is 3.82. The minimum absolute atomic E-state index is 0.307. The van der Waals surface area contributed by atoms with Gasteiger partial charge in [0, 0.05) is 17.8 Å². The van der Waals surface area contributed by atoms with E-state index in [4.69, 9.17) is 0 Å². The molecule has 0 bridgehead atoms. The van der Waals surface area contributed by atoms with Gasteiger partial charge in [-0.25, -0.2) is 0 Å². The van der Waals surface area contributed by atoms with Crippen LogP contribution in [0.3, 0.4) is 0 Å². The Balaban J connectivity index is 1.71. The van der Waals surface area contributed by atoms with Gasteiger partial charge in [0.2, 0.25) is 0 Å². The molecule has 1 atom stereocenters. The van der Waals surface area contributed by atoms with Crippen molar-refractivity contribution in [3.63, 3.8) is 0 Å². The highest BCUT2D eigenvalue weighted by molar-refractivity contribution is 7.99. The number of nitrogens with one attached hydrogen (secondary N) is 1. The number of alkyl halides is 3. The molecule has 1 aliphatic heterocycles. The van der Waals surface area contributed by atoms with Gasteiger partial charge >= 0.3 is 6.18 Å². The van der Waals surface area contributed by atoms with E-state index in [1.807, 2.05) is 11.8 Å². The van der Waals surface area contributed by atoms with E-state index in [1.54, 1.807) is 0 Å². The zero-order valence-electron chi connectivity index (χ0n) is 9.93. The van der Waals surface area contributed by atoms with Crippen molar-refractivity contribution in [2.75, 3.05) is 11.5 Å². The third kappa shape index (κ3) is 4.05. The lowest BCUT2D eigenvalue weighted by atomic mass is 9.85. The van der Waals surface area contributed by atoms with Gasteiger partial charge in [0.25, 0.3) is 0 Å². The molecule has 1 saturated carbocycles. The molecule has 2 aliphatic rings. The average molecular weight is 267 g/mol. The largest absolute Gasteiger partial charge is 0.391 e. The minimum Gasteiger partial charge on any atom is -0.310 e. The van der Waals surface area contributed by atoms with E-state index in [9.17, 15) is 13.2 Å². The topological polar surface area (TPSA) is 12.0 Å². The molecule has 0 aromatic heterocycles. The van der Waals surface area contributed by atoms with Crippen LogP contribution in [0, 0.1) is 5.92 Å². The maximum absolute atomic E-state index is 12.5. The molecule has 0 aromatic carbocycles. The smallest absolute Gasteiger partial charge is 0.310 e. The van der Waals surface area contributed by atoms with E-state index in [0.29, 0.717) is 37.8 Å². The van der Waals surface area contributed by atoms with Crippen LogP contribution in [-0.4, -0.2) is 29.8 Å². The summed E-state index contributed by atoms with van der Waals surface area (Å²) in [6, 6.07) is 0.846. The van der Waals surface area contributed by atoms with Gasteiger partial charge in [-0.05, 0) is 44.3 Å². The molecule has 100 valence electrons. The Morgan fingerprint density at radius 1 is 0.941 bits per heavy atom. The second kappa shape index (κ2) is 5.83. The molecule has 0 spiro atoms. The van der Waals surface area contributed by atoms with Crippen LogP contribution in [0.15, 0.2) is 0 Å². The highest BCUT2D eigenvalue weighted by Crippen LogP contribution is 2.37. The summed E-state index contributed by atoms with van der Waals surface area (Å²) in [5.41, 5.74) is 0. The molecule has 1 heterocycles. The number of hydrogen-bond donors (Lipinski definition) is 1. The molecule has 1 unspecified atom stereocenters. The van der Waals surface area contributed by atoms with Crippen molar-refractivity contribution in [1.82, 2.24) is 5.32 Å². The van der Waals surface area contributed by atoms with Crippen molar-refractivity contribution in [2.24, 2.45) is 5.92 Å². The summed E-state index contributed by atoms with van der Waals surface area (Å²) in [5, 5.41) is 3.54. The minimum atomic E-state index is -3.98. The zero-order valence-corrected chi connectivity index (χ0v) is 10.7. The third-order valence-corrected chi connectivity index (χ3v) is 5.04. The van der Waals surface area contributed by atoms with Gasteiger partial charge < -0.3 is 5.32 Å². The second-order valence-electron chi connectivity index (χ2n) is 5.17. The SMILES string of the molecule is FC(F)(F)C1CCC(NC2CCCSC2)CC1. The van der Waals surface area contributed by atoms with Crippen LogP contribution in [0.5, 0.6) is 0 Å². The predicted molar refractivity (Wildman–Crippen MR) is 65.3 cm³/mol. The molecule has 1 aliphatic carbocycles. The van der Waals surface area contributed by atoms with Gasteiger partial charge in [-0.3, -0.25) is 0 Å². The number of hydrogen-bond acceptors (Lipinski definition) is 2. The second-order valence-corrected chi connectivity index (χ2v) is 6.32. The molecule has 1 nitrogen and oxygen atoms in total. The Morgan fingerprint density at radius 3 is 2.18 bits per heavy atom. The molecule has 17 heavy (non-hydrogen) atoms. The average Bonchev–Trinajstić information content (AvgIpc) is 2.30. The van der Waals surface area contributed by atoms with Crippen molar-refractivity contribution in [1.29, 1.82) is 0 Å². The van der Waals surface area contributed by atoms with Crippen molar-refractivity contribution < 1.29 is 13.2 Å². The highest BCUT2D eigenvalue weighted by atomic mass is 32.2. The standard InChI is InChI=1S/C12H20F3NS/c13-12(14,15)9-3-5-10(6-4-9)16-11-2-1-7-17-8-11/h9-11,16H,1-8H2. The first-order valence-electron chi connectivity index (χ1n) is 6.46. The van der Waals surface area contributed by atoms with Crippen LogP contribution < -0.4 is 5.32 Å². The van der Waals surface area contributed by atoms with E-state index in [-0.39, 0.29) is 0 Å². The first-order chi connectivity index (χ1) is 8.05. The van der Waals surface area contributed by atoms with Gasteiger partial charge in [-0.1, -0.05) is 0 Å². The Kier molecular flexibility index (Phi) is 4.64. The molecular formula is C12H20F3NS. The molecular weight excluding hydrogens is 247 g/mol. The normalized spacial score (nSPS) is 35.8. The summed E-state index contributed by atoms with van der Waals surface area (Å²) in [6.45, 7) is 0. The Bertz CT molecular complexity index is 230. The fourth-order valence-electron chi connectivity index (χ4n) is 2.79. The molecule has 0 aromatic rings. The Morgan fingerprint density at radius 2 is 1.65 bits per heavy atom. The molecule has 1 saturated heterocycles. The lowest BCUT2D eigenvalue weighted by molar-refractivity contribution is -0.182. The predicted octanol–water partition coefficient (Wildman–Crippen LogP) is 3.59. The van der Waals surface area contributed by atoms with E-state index < -0.39 is 12.1 Å². The monoisotopic (exact) mass is 267 g/mol. The van der Waals surface area contributed by atoms with Crippen LogP contribution in [0.25, 0.3) is 0 Å². The highest BCUT2D eigenvalue weighted by Gasteiger charge is 2.41. The molecule has 0 amide bonds. The molecule has 2 rings (SSSR count). The van der Waals surface area contributed by atoms with Crippen molar-refractivity contribution in [2.45, 2.75) is 56.8 Å². The van der Waals surface area contributed by atoms with Crippen LogP contribution in [0.1, 0.15) is 38.5 Å². The fourth-order valence-corrected chi connectivity index (χ4v) is 3.88. The van der Waals surface area contributed by atoms with Gasteiger partial charge in [0.15, 0.2) is 0 Å². The van der Waals surface area contributed by atoms with Crippen LogP contribution in [0.4, 0.5) is 13.2 Å². The number of thioether (sulfide) groups is 1. The summed E-state index contributed by atoms with van der Waals surface area (Å²) in [5.74, 6) is 1.30.